The van der Waals surface area contributed by atoms with Crippen LogP contribution in [0.1, 0.15) is 15.9 Å². The standard InChI is InChI=1S/C20H14F2N2O5S/c21-13-3-1-2-12(17(13)22)18(25)23-6-7-24-19(26)16(30-20(24)27)9-11-4-5-14-15(8-11)29-10-28-14/h1-5,8-9H,6-7,10H2,(H,23,25)/b16-9+. The number of rotatable bonds is 5. The van der Waals surface area contributed by atoms with Gasteiger partial charge in [-0.05, 0) is 47.7 Å². The number of nitrogens with one attached hydrogen (secondary N) is 1. The summed E-state index contributed by atoms with van der Waals surface area (Å²) in [6, 6.07) is 8.39. The molecule has 1 fully saturated rings. The Balaban J connectivity index is 1.38. The van der Waals surface area contributed by atoms with Gasteiger partial charge in [-0.25, -0.2) is 8.78 Å². The van der Waals surface area contributed by atoms with Gasteiger partial charge in [-0.15, -0.1) is 0 Å². The fourth-order valence-electron chi connectivity index (χ4n) is 2.90. The predicted octanol–water partition coefficient (Wildman–Crippen LogP) is 3.16. The van der Waals surface area contributed by atoms with Crippen LogP contribution in [0.2, 0.25) is 0 Å². The lowest BCUT2D eigenvalue weighted by Gasteiger charge is -2.13. The minimum atomic E-state index is -1.26. The van der Waals surface area contributed by atoms with Crippen LogP contribution in [0.15, 0.2) is 41.3 Å². The van der Waals surface area contributed by atoms with E-state index in [-0.39, 0.29) is 24.8 Å². The molecule has 2 aromatic rings. The second-order valence-electron chi connectivity index (χ2n) is 6.30. The fourth-order valence-corrected chi connectivity index (χ4v) is 3.77. The number of hydrogen-bond acceptors (Lipinski definition) is 6. The molecule has 10 heteroatoms. The maximum atomic E-state index is 13.7. The molecule has 1 N–H and O–H groups in total. The Morgan fingerprint density at radius 3 is 2.80 bits per heavy atom. The van der Waals surface area contributed by atoms with Crippen molar-refractivity contribution in [2.75, 3.05) is 19.9 Å². The van der Waals surface area contributed by atoms with Crippen molar-refractivity contribution in [3.63, 3.8) is 0 Å². The van der Waals surface area contributed by atoms with Crippen LogP contribution in [-0.2, 0) is 4.79 Å². The minimum Gasteiger partial charge on any atom is -0.454 e. The van der Waals surface area contributed by atoms with Crippen molar-refractivity contribution >= 4 is 34.9 Å². The minimum absolute atomic E-state index is 0.105. The largest absolute Gasteiger partial charge is 0.454 e. The Morgan fingerprint density at radius 2 is 1.97 bits per heavy atom. The lowest BCUT2D eigenvalue weighted by Crippen LogP contribution is -2.37. The summed E-state index contributed by atoms with van der Waals surface area (Å²) in [4.78, 5) is 37.9. The van der Waals surface area contributed by atoms with Crippen molar-refractivity contribution in [1.29, 1.82) is 0 Å². The number of carbonyl (C=O) groups is 3. The van der Waals surface area contributed by atoms with Crippen LogP contribution in [0.3, 0.4) is 0 Å². The van der Waals surface area contributed by atoms with Crippen molar-refractivity contribution in [2.45, 2.75) is 0 Å². The van der Waals surface area contributed by atoms with Gasteiger partial charge in [-0.2, -0.15) is 0 Å². The van der Waals surface area contributed by atoms with E-state index in [0.717, 1.165) is 28.8 Å². The second-order valence-corrected chi connectivity index (χ2v) is 7.30. The van der Waals surface area contributed by atoms with E-state index in [1.54, 1.807) is 24.3 Å². The lowest BCUT2D eigenvalue weighted by atomic mass is 10.2. The molecule has 2 aromatic carbocycles. The van der Waals surface area contributed by atoms with Crippen LogP contribution in [0.25, 0.3) is 6.08 Å². The van der Waals surface area contributed by atoms with E-state index in [0.29, 0.717) is 17.1 Å². The van der Waals surface area contributed by atoms with Gasteiger partial charge in [0.05, 0.1) is 10.5 Å². The molecule has 0 unspecified atom stereocenters. The molecule has 1 saturated heterocycles. The summed E-state index contributed by atoms with van der Waals surface area (Å²) in [7, 11) is 0. The third-order valence-electron chi connectivity index (χ3n) is 4.39. The average Bonchev–Trinajstić information content (AvgIpc) is 3.29. The van der Waals surface area contributed by atoms with E-state index in [9.17, 15) is 23.2 Å². The summed E-state index contributed by atoms with van der Waals surface area (Å²) in [6.07, 6.45) is 1.56. The molecule has 0 radical (unpaired) electrons. The molecule has 0 aliphatic carbocycles. The molecule has 4 rings (SSSR count). The second kappa shape index (κ2) is 8.15. The van der Waals surface area contributed by atoms with Gasteiger partial charge in [0.15, 0.2) is 23.1 Å². The summed E-state index contributed by atoms with van der Waals surface area (Å²) < 4.78 is 37.4. The van der Waals surface area contributed by atoms with Crippen molar-refractivity contribution < 1.29 is 32.6 Å². The third-order valence-corrected chi connectivity index (χ3v) is 5.29. The molecular formula is C20H14F2N2O5S. The smallest absolute Gasteiger partial charge is 0.293 e. The van der Waals surface area contributed by atoms with E-state index in [1.165, 1.54) is 6.07 Å². The fraction of sp³-hybridized carbons (Fsp3) is 0.150. The number of fused-ring (bicyclic) bond motifs is 1. The van der Waals surface area contributed by atoms with Crippen molar-refractivity contribution in [2.24, 2.45) is 0 Å². The highest BCUT2D eigenvalue weighted by Crippen LogP contribution is 2.36. The van der Waals surface area contributed by atoms with Crippen molar-refractivity contribution in [3.8, 4) is 11.5 Å². The maximum Gasteiger partial charge on any atom is 0.293 e. The van der Waals surface area contributed by atoms with Crippen LogP contribution in [0, 0.1) is 11.6 Å². The van der Waals surface area contributed by atoms with Gasteiger partial charge in [0.25, 0.3) is 17.1 Å². The summed E-state index contributed by atoms with van der Waals surface area (Å²) in [6.45, 7) is -0.0868. The monoisotopic (exact) mass is 432 g/mol. The first-order valence-corrected chi connectivity index (χ1v) is 9.63. The Morgan fingerprint density at radius 1 is 1.17 bits per heavy atom. The highest BCUT2D eigenvalue weighted by molar-refractivity contribution is 8.18. The van der Waals surface area contributed by atoms with Crippen LogP contribution in [0.5, 0.6) is 11.5 Å². The number of carbonyl (C=O) groups excluding carboxylic acids is 3. The summed E-state index contributed by atoms with van der Waals surface area (Å²) in [5.41, 5.74) is 0.214. The first-order valence-electron chi connectivity index (χ1n) is 8.81. The van der Waals surface area contributed by atoms with Gasteiger partial charge in [-0.3, -0.25) is 19.3 Å². The SMILES string of the molecule is O=C(NCCN1C(=O)S/C(=C/c2ccc3c(c2)OCO3)C1=O)c1cccc(F)c1F. The molecule has 3 amide bonds. The van der Waals surface area contributed by atoms with Gasteiger partial charge in [-0.1, -0.05) is 12.1 Å². The van der Waals surface area contributed by atoms with Gasteiger partial charge in [0.2, 0.25) is 6.79 Å². The van der Waals surface area contributed by atoms with E-state index in [2.05, 4.69) is 5.32 Å². The van der Waals surface area contributed by atoms with E-state index in [1.807, 2.05) is 0 Å². The molecule has 154 valence electrons. The Bertz CT molecular complexity index is 1090. The van der Waals surface area contributed by atoms with E-state index >= 15 is 0 Å². The van der Waals surface area contributed by atoms with Gasteiger partial charge >= 0.3 is 0 Å². The number of amides is 3. The predicted molar refractivity (Wildman–Crippen MR) is 104 cm³/mol. The summed E-state index contributed by atoms with van der Waals surface area (Å²) in [5, 5.41) is 1.89. The molecule has 30 heavy (non-hydrogen) atoms. The quantitative estimate of drug-likeness (QED) is 0.731. The number of halogens is 2. The van der Waals surface area contributed by atoms with Gasteiger partial charge in [0, 0.05) is 13.1 Å². The summed E-state index contributed by atoms with van der Waals surface area (Å²) >= 11 is 0.774. The highest BCUT2D eigenvalue weighted by Gasteiger charge is 2.34. The van der Waals surface area contributed by atoms with Crippen LogP contribution < -0.4 is 14.8 Å². The maximum absolute atomic E-state index is 13.7. The zero-order valence-corrected chi connectivity index (χ0v) is 16.1. The molecule has 0 aromatic heterocycles. The molecule has 0 atom stereocenters. The summed E-state index contributed by atoms with van der Waals surface area (Å²) in [5.74, 6) is -2.58. The topological polar surface area (TPSA) is 84.9 Å². The number of thioether (sulfide) groups is 1. The van der Waals surface area contributed by atoms with E-state index in [4.69, 9.17) is 9.47 Å². The average molecular weight is 432 g/mol. The van der Waals surface area contributed by atoms with Crippen LogP contribution in [-0.4, -0.2) is 41.8 Å². The number of imide groups is 1. The first-order chi connectivity index (χ1) is 14.4. The normalized spacial score (nSPS) is 16.5. The first kappa shape index (κ1) is 19.9. The third kappa shape index (κ3) is 3.86. The molecule has 2 aliphatic heterocycles. The Kier molecular flexibility index (Phi) is 5.40. The molecule has 2 heterocycles. The van der Waals surface area contributed by atoms with Gasteiger partial charge in [0.1, 0.15) is 0 Å². The van der Waals surface area contributed by atoms with Crippen molar-refractivity contribution in [3.05, 3.63) is 64.1 Å². The molecular weight excluding hydrogens is 418 g/mol. The van der Waals surface area contributed by atoms with Crippen LogP contribution in [0.4, 0.5) is 13.6 Å². The number of ether oxygens (including phenoxy) is 2. The van der Waals surface area contributed by atoms with Gasteiger partial charge < -0.3 is 14.8 Å². The number of hydrogen-bond donors (Lipinski definition) is 1. The number of nitrogens with zero attached hydrogens (tertiary/aromatic N) is 1. The molecule has 7 nitrogen and oxygen atoms in total. The molecule has 0 spiro atoms. The molecule has 0 saturated carbocycles. The zero-order valence-electron chi connectivity index (χ0n) is 15.3. The lowest BCUT2D eigenvalue weighted by molar-refractivity contribution is -0.122. The van der Waals surface area contributed by atoms with Crippen LogP contribution >= 0.6 is 11.8 Å². The Labute approximate surface area is 173 Å². The molecule has 2 aliphatic rings. The van der Waals surface area contributed by atoms with Crippen molar-refractivity contribution in [1.82, 2.24) is 10.2 Å². The zero-order chi connectivity index (χ0) is 21.3. The Hall–Kier alpha value is -3.40. The molecule has 0 bridgehead atoms. The highest BCUT2D eigenvalue weighted by atomic mass is 32.2. The number of benzene rings is 2. The van der Waals surface area contributed by atoms with E-state index < -0.39 is 34.3 Å².